The Hall–Kier alpha value is -2.72. The fraction of sp³-hybridized carbons (Fsp3) is 0.542. The van der Waals surface area contributed by atoms with E-state index in [1.54, 1.807) is 4.90 Å². The molecule has 5 N–H and O–H groups in total. The lowest BCUT2D eigenvalue weighted by Gasteiger charge is -2.35. The van der Waals surface area contributed by atoms with E-state index in [2.05, 4.69) is 16.1 Å². The van der Waals surface area contributed by atoms with Gasteiger partial charge in [0.2, 0.25) is 11.8 Å². The number of allylic oxidation sites excluding steroid dienone is 1. The first-order chi connectivity index (χ1) is 15.9. The second kappa shape index (κ2) is 10.3. The number of primary amides is 1. The fourth-order valence-corrected chi connectivity index (χ4v) is 4.96. The Labute approximate surface area is 205 Å². The summed E-state index contributed by atoms with van der Waals surface area (Å²) < 4.78 is 5.18. The van der Waals surface area contributed by atoms with Crippen LogP contribution in [-0.4, -0.2) is 41.4 Å². The number of nitrogens with one attached hydrogen (secondary N) is 3. The molecule has 1 aromatic rings. The van der Waals surface area contributed by atoms with Crippen molar-refractivity contribution in [1.82, 2.24) is 21.0 Å². The summed E-state index contributed by atoms with van der Waals surface area (Å²) >= 11 is 1.28. The van der Waals surface area contributed by atoms with E-state index in [1.165, 1.54) is 12.0 Å². The molecule has 0 aromatic heterocycles. The Morgan fingerprint density at radius 3 is 2.38 bits per heavy atom. The summed E-state index contributed by atoms with van der Waals surface area (Å²) in [6.45, 7) is 11.9. The molecule has 2 heterocycles. The SMILES string of the molecule is CC1=C(c2ccc(C(C)NC(=O)C3CC(C)CN3C(=O)C(NC(N)=O)C(C)(C)C)cc2)SON1. The topological polar surface area (TPSA) is 126 Å². The van der Waals surface area contributed by atoms with Gasteiger partial charge in [0.15, 0.2) is 0 Å². The van der Waals surface area contributed by atoms with Crippen molar-refractivity contribution in [3.8, 4) is 0 Å². The number of nitrogens with zero attached hydrogens (tertiary/aromatic N) is 1. The van der Waals surface area contributed by atoms with Crippen LogP contribution in [0.4, 0.5) is 4.79 Å². The van der Waals surface area contributed by atoms with Crippen molar-refractivity contribution in [2.45, 2.75) is 66.1 Å². The van der Waals surface area contributed by atoms with Gasteiger partial charge in [-0.3, -0.25) is 15.1 Å². The second-order valence-corrected chi connectivity index (χ2v) is 11.0. The Morgan fingerprint density at radius 2 is 1.85 bits per heavy atom. The maximum absolute atomic E-state index is 13.4. The molecule has 4 amide bonds. The zero-order chi connectivity index (χ0) is 25.2. The third-order valence-corrected chi connectivity index (χ3v) is 7.06. The summed E-state index contributed by atoms with van der Waals surface area (Å²) in [5, 5.41) is 5.63. The summed E-state index contributed by atoms with van der Waals surface area (Å²) in [7, 11) is 0. The minimum Gasteiger partial charge on any atom is -0.352 e. The maximum atomic E-state index is 13.4. The fourth-order valence-electron chi connectivity index (χ4n) is 4.31. The number of hydrogen-bond acceptors (Lipinski definition) is 6. The minimum atomic E-state index is -0.819. The number of nitrogens with two attached hydrogens (primary N) is 1. The first-order valence-electron chi connectivity index (χ1n) is 11.5. The van der Waals surface area contributed by atoms with E-state index in [0.717, 1.165) is 21.7 Å². The van der Waals surface area contributed by atoms with Gasteiger partial charge < -0.3 is 21.3 Å². The van der Waals surface area contributed by atoms with E-state index in [4.69, 9.17) is 10.0 Å². The molecule has 34 heavy (non-hydrogen) atoms. The van der Waals surface area contributed by atoms with Gasteiger partial charge in [0.05, 0.1) is 28.7 Å². The molecular formula is C24H35N5O4S. The van der Waals surface area contributed by atoms with Gasteiger partial charge in [0, 0.05) is 6.54 Å². The van der Waals surface area contributed by atoms with Crippen LogP contribution in [0.1, 0.15) is 65.1 Å². The number of carbonyl (C=O) groups excluding carboxylic acids is 3. The first kappa shape index (κ1) is 25.9. The van der Waals surface area contributed by atoms with E-state index in [9.17, 15) is 14.4 Å². The summed E-state index contributed by atoms with van der Waals surface area (Å²) in [6.07, 6.45) is 0.564. The number of hydroxylamine groups is 1. The van der Waals surface area contributed by atoms with E-state index in [1.807, 2.05) is 65.8 Å². The highest BCUT2D eigenvalue weighted by Crippen LogP contribution is 2.35. The number of urea groups is 1. The van der Waals surface area contributed by atoms with Gasteiger partial charge in [-0.2, -0.15) is 4.28 Å². The molecule has 186 valence electrons. The molecule has 2 aliphatic rings. The predicted molar refractivity (Wildman–Crippen MR) is 133 cm³/mol. The monoisotopic (exact) mass is 489 g/mol. The summed E-state index contributed by atoms with van der Waals surface area (Å²) in [6, 6.07) is 5.53. The van der Waals surface area contributed by atoms with E-state index >= 15 is 0 Å². The van der Waals surface area contributed by atoms with Crippen LogP contribution in [0, 0.1) is 11.3 Å². The van der Waals surface area contributed by atoms with Crippen molar-refractivity contribution < 1.29 is 18.7 Å². The highest BCUT2D eigenvalue weighted by atomic mass is 32.2. The minimum absolute atomic E-state index is 0.166. The number of carbonyl (C=O) groups is 3. The van der Waals surface area contributed by atoms with Crippen LogP contribution >= 0.6 is 12.0 Å². The van der Waals surface area contributed by atoms with Crippen LogP contribution in [-0.2, 0) is 13.9 Å². The number of benzene rings is 1. The zero-order valence-corrected chi connectivity index (χ0v) is 21.4. The summed E-state index contributed by atoms with van der Waals surface area (Å²) in [5.74, 6) is -0.329. The van der Waals surface area contributed by atoms with Gasteiger partial charge in [-0.05, 0) is 42.7 Å². The average molecular weight is 490 g/mol. The lowest BCUT2D eigenvalue weighted by atomic mass is 9.85. The van der Waals surface area contributed by atoms with E-state index in [0.29, 0.717) is 13.0 Å². The van der Waals surface area contributed by atoms with Gasteiger partial charge in [-0.15, -0.1) is 0 Å². The van der Waals surface area contributed by atoms with Crippen molar-refractivity contribution in [3.63, 3.8) is 0 Å². The van der Waals surface area contributed by atoms with Crippen LogP contribution < -0.4 is 21.8 Å². The quantitative estimate of drug-likeness (QED) is 0.455. The third kappa shape index (κ3) is 5.85. The molecule has 0 saturated carbocycles. The average Bonchev–Trinajstić information content (AvgIpc) is 3.36. The highest BCUT2D eigenvalue weighted by molar-refractivity contribution is 8.04. The van der Waals surface area contributed by atoms with Crippen LogP contribution in [0.2, 0.25) is 0 Å². The molecule has 9 nitrogen and oxygen atoms in total. The van der Waals surface area contributed by atoms with Gasteiger partial charge in [-0.1, -0.05) is 52.0 Å². The Morgan fingerprint density at radius 1 is 1.21 bits per heavy atom. The van der Waals surface area contributed by atoms with Gasteiger partial charge in [0.1, 0.15) is 12.1 Å². The number of likely N-dealkylation sites (tertiary alicyclic amines) is 1. The van der Waals surface area contributed by atoms with Crippen molar-refractivity contribution in [2.24, 2.45) is 17.1 Å². The molecule has 1 aromatic carbocycles. The highest BCUT2D eigenvalue weighted by Gasteiger charge is 2.43. The lowest BCUT2D eigenvalue weighted by molar-refractivity contribution is -0.142. The molecule has 0 radical (unpaired) electrons. The van der Waals surface area contributed by atoms with Crippen LogP contribution in [0.15, 0.2) is 30.0 Å². The Bertz CT molecular complexity index is 973. The van der Waals surface area contributed by atoms with Crippen LogP contribution in [0.25, 0.3) is 4.91 Å². The summed E-state index contributed by atoms with van der Waals surface area (Å²) in [5.41, 5.74) is 10.5. The molecule has 0 spiro atoms. The normalized spacial score (nSPS) is 22.2. The van der Waals surface area contributed by atoms with E-state index in [-0.39, 0.29) is 23.8 Å². The lowest BCUT2D eigenvalue weighted by Crippen LogP contribution is -2.58. The summed E-state index contributed by atoms with van der Waals surface area (Å²) in [4.78, 5) is 40.8. The standard InChI is InChI=1S/C24H35N5O4S/c1-13-11-18(29(12-13)22(31)20(24(4,5)6)27-23(25)32)21(30)26-14(2)16-7-9-17(10-8-16)19-15(3)28-33-34-19/h7-10,13-14,18,20,28H,11-12H2,1-6H3,(H,26,30)(H3,25,27,32). The number of amides is 4. The zero-order valence-electron chi connectivity index (χ0n) is 20.6. The van der Waals surface area contributed by atoms with Gasteiger partial charge in [-0.25, -0.2) is 4.79 Å². The van der Waals surface area contributed by atoms with Crippen molar-refractivity contribution in [1.29, 1.82) is 0 Å². The van der Waals surface area contributed by atoms with Crippen LogP contribution in [0.3, 0.4) is 0 Å². The van der Waals surface area contributed by atoms with Gasteiger partial charge in [0.25, 0.3) is 0 Å². The molecule has 4 atom stereocenters. The van der Waals surface area contributed by atoms with Gasteiger partial charge >= 0.3 is 6.03 Å². The molecule has 3 rings (SSSR count). The Kier molecular flexibility index (Phi) is 7.82. The number of hydrogen-bond donors (Lipinski definition) is 4. The molecule has 1 saturated heterocycles. The molecule has 10 heteroatoms. The maximum Gasteiger partial charge on any atom is 0.312 e. The first-order valence-corrected chi connectivity index (χ1v) is 12.2. The molecular weight excluding hydrogens is 454 g/mol. The van der Waals surface area contributed by atoms with Crippen molar-refractivity contribution in [3.05, 3.63) is 41.1 Å². The molecule has 2 aliphatic heterocycles. The second-order valence-electron chi connectivity index (χ2n) is 10.2. The molecule has 0 aliphatic carbocycles. The van der Waals surface area contributed by atoms with Crippen molar-refractivity contribution in [2.75, 3.05) is 6.54 Å². The molecule has 1 fully saturated rings. The third-order valence-electron chi connectivity index (χ3n) is 6.19. The van der Waals surface area contributed by atoms with E-state index < -0.39 is 23.5 Å². The van der Waals surface area contributed by atoms with Crippen LogP contribution in [0.5, 0.6) is 0 Å². The Balaban J connectivity index is 1.71. The largest absolute Gasteiger partial charge is 0.352 e. The van der Waals surface area contributed by atoms with Crippen molar-refractivity contribution >= 4 is 34.8 Å². The predicted octanol–water partition coefficient (Wildman–Crippen LogP) is 3.06. The smallest absolute Gasteiger partial charge is 0.312 e. The molecule has 4 unspecified atom stereocenters. The molecule has 0 bridgehead atoms. The number of rotatable bonds is 6.